The van der Waals surface area contributed by atoms with Crippen LogP contribution in [0.4, 0.5) is 0 Å². The Balaban J connectivity index is 1.90. The lowest BCUT2D eigenvalue weighted by Crippen LogP contribution is -2.49. The van der Waals surface area contributed by atoms with Gasteiger partial charge in [0.25, 0.3) is 11.8 Å². The van der Waals surface area contributed by atoms with E-state index < -0.39 is 0 Å². The Morgan fingerprint density at radius 3 is 2.40 bits per heavy atom. The molecule has 0 spiro atoms. The Hall–Kier alpha value is -0.940. The summed E-state index contributed by atoms with van der Waals surface area (Å²) in [5.41, 5.74) is 0. The maximum absolute atomic E-state index is 11.4. The first-order valence-electron chi connectivity index (χ1n) is 5.39. The summed E-state index contributed by atoms with van der Waals surface area (Å²) in [6, 6.07) is 0. The summed E-state index contributed by atoms with van der Waals surface area (Å²) in [5, 5.41) is 3.26. The van der Waals surface area contributed by atoms with Crippen molar-refractivity contribution in [3.8, 4) is 0 Å². The number of ether oxygens (including phenoxy) is 1. The maximum atomic E-state index is 11.4. The quantitative estimate of drug-likeness (QED) is 0.619. The first-order valence-corrected chi connectivity index (χ1v) is 5.39. The fourth-order valence-corrected chi connectivity index (χ4v) is 2.05. The number of carbonyl (C=O) groups excluding carboxylic acids is 2. The second kappa shape index (κ2) is 4.72. The molecule has 0 atom stereocenters. The molecule has 0 saturated carbocycles. The van der Waals surface area contributed by atoms with Crippen LogP contribution in [0.25, 0.3) is 0 Å². The fourth-order valence-electron chi connectivity index (χ4n) is 2.05. The number of morpholine rings is 1. The first-order chi connectivity index (χ1) is 7.27. The number of piperidine rings is 1. The second-order valence-corrected chi connectivity index (χ2v) is 4.08. The Morgan fingerprint density at radius 2 is 1.80 bits per heavy atom. The highest BCUT2D eigenvalue weighted by atomic mass is 16.5. The van der Waals surface area contributed by atoms with E-state index in [0.29, 0.717) is 12.5 Å². The highest BCUT2D eigenvalue weighted by molar-refractivity contribution is 5.98. The molecule has 0 bridgehead atoms. The largest absolute Gasteiger partial charge is 0.362 e. The molecule has 1 N–H and O–H groups in total. The first kappa shape index (κ1) is 10.6. The predicted molar refractivity (Wildman–Crippen MR) is 53.1 cm³/mol. The number of hydrogen-bond donors (Lipinski definition) is 1. The molecule has 0 aromatic carbocycles. The van der Waals surface area contributed by atoms with Gasteiger partial charge in [0.1, 0.15) is 13.2 Å². The zero-order valence-electron chi connectivity index (χ0n) is 8.70. The molecule has 2 rings (SSSR count). The van der Waals surface area contributed by atoms with E-state index in [4.69, 9.17) is 4.74 Å². The van der Waals surface area contributed by atoms with Gasteiger partial charge in [0.05, 0.1) is 0 Å². The molecule has 2 fully saturated rings. The number of rotatable bonds is 2. The van der Waals surface area contributed by atoms with Crippen LogP contribution in [0.15, 0.2) is 0 Å². The molecule has 84 valence electrons. The van der Waals surface area contributed by atoms with Crippen LogP contribution in [0.3, 0.4) is 0 Å². The van der Waals surface area contributed by atoms with E-state index in [1.165, 1.54) is 4.90 Å². The van der Waals surface area contributed by atoms with Crippen LogP contribution in [0.2, 0.25) is 0 Å². The van der Waals surface area contributed by atoms with E-state index in [0.717, 1.165) is 25.9 Å². The molecular formula is C10H16N2O3. The zero-order chi connectivity index (χ0) is 10.7. The van der Waals surface area contributed by atoms with Crippen molar-refractivity contribution >= 4 is 11.8 Å². The molecule has 0 radical (unpaired) electrons. The number of hydrogen-bond acceptors (Lipinski definition) is 4. The molecular weight excluding hydrogens is 196 g/mol. The van der Waals surface area contributed by atoms with Crippen molar-refractivity contribution in [3.05, 3.63) is 0 Å². The van der Waals surface area contributed by atoms with Gasteiger partial charge in [-0.25, -0.2) is 0 Å². The minimum atomic E-state index is -0.190. The summed E-state index contributed by atoms with van der Waals surface area (Å²) in [4.78, 5) is 24.2. The molecule has 15 heavy (non-hydrogen) atoms. The molecule has 2 amide bonds. The fraction of sp³-hybridized carbons (Fsp3) is 0.800. The van der Waals surface area contributed by atoms with Gasteiger partial charge in [0, 0.05) is 6.54 Å². The number of nitrogens with one attached hydrogen (secondary N) is 1. The van der Waals surface area contributed by atoms with Crippen LogP contribution < -0.4 is 5.32 Å². The molecule has 2 aliphatic heterocycles. The molecule has 2 aliphatic rings. The third kappa shape index (κ3) is 2.54. The summed E-state index contributed by atoms with van der Waals surface area (Å²) in [5.74, 6) is 0.0758. The lowest BCUT2D eigenvalue weighted by molar-refractivity contribution is -0.159. The second-order valence-electron chi connectivity index (χ2n) is 4.08. The van der Waals surface area contributed by atoms with Gasteiger partial charge < -0.3 is 10.1 Å². The van der Waals surface area contributed by atoms with Crippen LogP contribution in [-0.2, 0) is 14.3 Å². The number of imide groups is 1. The van der Waals surface area contributed by atoms with E-state index in [1.807, 2.05) is 0 Å². The van der Waals surface area contributed by atoms with E-state index in [2.05, 4.69) is 5.32 Å². The Kier molecular flexibility index (Phi) is 3.33. The Bertz CT molecular complexity index is 245. The van der Waals surface area contributed by atoms with Crippen molar-refractivity contribution in [2.24, 2.45) is 5.92 Å². The summed E-state index contributed by atoms with van der Waals surface area (Å²) < 4.78 is 4.86. The van der Waals surface area contributed by atoms with Gasteiger partial charge in [-0.1, -0.05) is 0 Å². The van der Waals surface area contributed by atoms with Crippen molar-refractivity contribution < 1.29 is 14.3 Å². The van der Waals surface area contributed by atoms with Crippen molar-refractivity contribution in [2.45, 2.75) is 12.8 Å². The molecule has 2 saturated heterocycles. The van der Waals surface area contributed by atoms with Crippen LogP contribution in [0, 0.1) is 5.92 Å². The van der Waals surface area contributed by atoms with Gasteiger partial charge in [0.15, 0.2) is 0 Å². The van der Waals surface area contributed by atoms with E-state index in [1.54, 1.807) is 0 Å². The van der Waals surface area contributed by atoms with Gasteiger partial charge in [0.2, 0.25) is 0 Å². The van der Waals surface area contributed by atoms with Gasteiger partial charge in [-0.15, -0.1) is 0 Å². The van der Waals surface area contributed by atoms with E-state index in [9.17, 15) is 9.59 Å². The van der Waals surface area contributed by atoms with Crippen molar-refractivity contribution in [1.29, 1.82) is 0 Å². The lowest BCUT2D eigenvalue weighted by atomic mass is 9.97. The SMILES string of the molecule is O=C1COCC(=O)N1CC1CCNCC1. The third-order valence-corrected chi connectivity index (χ3v) is 2.95. The average Bonchev–Trinajstić information content (AvgIpc) is 2.25. The Morgan fingerprint density at radius 1 is 1.20 bits per heavy atom. The maximum Gasteiger partial charge on any atom is 0.255 e. The van der Waals surface area contributed by atoms with Crippen molar-refractivity contribution in [2.75, 3.05) is 32.8 Å². The number of carbonyl (C=O) groups is 2. The standard InChI is InChI=1S/C10H16N2O3/c13-9-6-15-7-10(14)12(9)5-8-1-3-11-4-2-8/h8,11H,1-7H2. The molecule has 0 aromatic rings. The van der Waals surface area contributed by atoms with E-state index >= 15 is 0 Å². The normalized spacial score (nSPS) is 24.7. The molecule has 0 aromatic heterocycles. The van der Waals surface area contributed by atoms with Gasteiger partial charge >= 0.3 is 0 Å². The minimum absolute atomic E-state index is 0.0523. The van der Waals surface area contributed by atoms with Crippen LogP contribution in [-0.4, -0.2) is 49.6 Å². The van der Waals surface area contributed by atoms with Crippen LogP contribution in [0.1, 0.15) is 12.8 Å². The molecule has 0 aliphatic carbocycles. The van der Waals surface area contributed by atoms with E-state index in [-0.39, 0.29) is 25.0 Å². The monoisotopic (exact) mass is 212 g/mol. The number of amides is 2. The summed E-state index contributed by atoms with van der Waals surface area (Å²) in [6.07, 6.45) is 2.08. The van der Waals surface area contributed by atoms with Gasteiger partial charge in [-0.2, -0.15) is 0 Å². The van der Waals surface area contributed by atoms with Crippen LogP contribution >= 0.6 is 0 Å². The molecule has 5 heteroatoms. The zero-order valence-corrected chi connectivity index (χ0v) is 8.70. The molecule has 2 heterocycles. The van der Waals surface area contributed by atoms with Crippen molar-refractivity contribution in [3.63, 3.8) is 0 Å². The summed E-state index contributed by atoms with van der Waals surface area (Å²) >= 11 is 0. The highest BCUT2D eigenvalue weighted by Gasteiger charge is 2.29. The molecule has 0 unspecified atom stereocenters. The smallest absolute Gasteiger partial charge is 0.255 e. The minimum Gasteiger partial charge on any atom is -0.362 e. The molecule has 5 nitrogen and oxygen atoms in total. The number of nitrogens with zero attached hydrogens (tertiary/aromatic N) is 1. The Labute approximate surface area is 88.8 Å². The summed E-state index contributed by atoms with van der Waals surface area (Å²) in [6.45, 7) is 2.64. The highest BCUT2D eigenvalue weighted by Crippen LogP contribution is 2.15. The van der Waals surface area contributed by atoms with Gasteiger partial charge in [-0.05, 0) is 31.8 Å². The lowest BCUT2D eigenvalue weighted by Gasteiger charge is -2.30. The average molecular weight is 212 g/mol. The summed E-state index contributed by atoms with van der Waals surface area (Å²) in [7, 11) is 0. The van der Waals surface area contributed by atoms with Crippen molar-refractivity contribution in [1.82, 2.24) is 10.2 Å². The predicted octanol–water partition coefficient (Wildman–Crippen LogP) is -0.629. The topological polar surface area (TPSA) is 58.6 Å². The van der Waals surface area contributed by atoms with Crippen LogP contribution in [0.5, 0.6) is 0 Å². The van der Waals surface area contributed by atoms with Gasteiger partial charge in [-0.3, -0.25) is 14.5 Å². The third-order valence-electron chi connectivity index (χ3n) is 2.95.